The number of rotatable bonds is 4. The zero-order valence-corrected chi connectivity index (χ0v) is 11.9. The summed E-state index contributed by atoms with van der Waals surface area (Å²) in [7, 11) is 0. The third-order valence-electron chi connectivity index (χ3n) is 4.14. The molecular formula is C18H18N2O. The lowest BCUT2D eigenvalue weighted by atomic mass is 10.1. The van der Waals surface area contributed by atoms with Crippen molar-refractivity contribution in [2.45, 2.75) is 19.1 Å². The fourth-order valence-corrected chi connectivity index (χ4v) is 2.83. The van der Waals surface area contributed by atoms with E-state index in [1.807, 2.05) is 12.3 Å². The maximum absolute atomic E-state index is 5.93. The zero-order chi connectivity index (χ0) is 14.1. The van der Waals surface area contributed by atoms with Gasteiger partial charge >= 0.3 is 0 Å². The number of ether oxygens (including phenoxy) is 1. The molecule has 0 spiro atoms. The first-order valence-corrected chi connectivity index (χ1v) is 7.44. The first kappa shape index (κ1) is 12.6. The van der Waals surface area contributed by atoms with Crippen LogP contribution in [0.4, 0.5) is 5.69 Å². The van der Waals surface area contributed by atoms with Crippen molar-refractivity contribution < 1.29 is 4.74 Å². The molecule has 1 fully saturated rings. The van der Waals surface area contributed by atoms with Gasteiger partial charge in [0.1, 0.15) is 0 Å². The number of aromatic nitrogens is 1. The van der Waals surface area contributed by atoms with Gasteiger partial charge in [-0.2, -0.15) is 0 Å². The molecule has 0 saturated carbocycles. The molecule has 4 rings (SSSR count). The van der Waals surface area contributed by atoms with Crippen LogP contribution in [0.15, 0.2) is 48.7 Å². The average molecular weight is 278 g/mol. The van der Waals surface area contributed by atoms with Crippen LogP contribution in [0.2, 0.25) is 0 Å². The summed E-state index contributed by atoms with van der Waals surface area (Å²) in [5, 5.41) is 0. The number of anilines is 1. The molecule has 0 bridgehead atoms. The van der Waals surface area contributed by atoms with E-state index in [0.717, 1.165) is 19.5 Å². The van der Waals surface area contributed by atoms with Gasteiger partial charge < -0.3 is 9.64 Å². The molecule has 3 nitrogen and oxygen atoms in total. The second kappa shape index (κ2) is 5.34. The molecular weight excluding hydrogens is 260 g/mol. The van der Waals surface area contributed by atoms with Gasteiger partial charge in [-0.3, -0.25) is 4.98 Å². The summed E-state index contributed by atoms with van der Waals surface area (Å²) >= 11 is 0. The maximum Gasteiger partial charge on any atom is 0.0928 e. The Morgan fingerprint density at radius 2 is 2.05 bits per heavy atom. The smallest absolute Gasteiger partial charge is 0.0928 e. The van der Waals surface area contributed by atoms with E-state index in [2.05, 4.69) is 52.4 Å². The van der Waals surface area contributed by atoms with E-state index in [1.54, 1.807) is 0 Å². The molecule has 0 unspecified atom stereocenters. The molecule has 0 atom stereocenters. The van der Waals surface area contributed by atoms with Crippen LogP contribution in [0, 0.1) is 0 Å². The fraction of sp³-hybridized carbons (Fsp3) is 0.278. The van der Waals surface area contributed by atoms with Crippen LogP contribution < -0.4 is 4.90 Å². The Kier molecular flexibility index (Phi) is 3.20. The van der Waals surface area contributed by atoms with E-state index in [0.29, 0.717) is 12.7 Å². The van der Waals surface area contributed by atoms with Crippen molar-refractivity contribution in [2.24, 2.45) is 0 Å². The van der Waals surface area contributed by atoms with Crippen molar-refractivity contribution in [3.8, 4) is 0 Å². The van der Waals surface area contributed by atoms with E-state index in [9.17, 15) is 0 Å². The minimum absolute atomic E-state index is 0.328. The lowest BCUT2D eigenvalue weighted by molar-refractivity contribution is 0.0224. The largest absolute Gasteiger partial charge is 0.370 e. The van der Waals surface area contributed by atoms with Crippen LogP contribution in [0.25, 0.3) is 6.08 Å². The normalized spacial score (nSPS) is 16.9. The van der Waals surface area contributed by atoms with Crippen molar-refractivity contribution in [3.63, 3.8) is 0 Å². The van der Waals surface area contributed by atoms with Crippen LogP contribution in [0.5, 0.6) is 0 Å². The molecule has 0 N–H and O–H groups in total. The maximum atomic E-state index is 5.93. The van der Waals surface area contributed by atoms with E-state index in [4.69, 9.17) is 4.74 Å². The van der Waals surface area contributed by atoms with Crippen LogP contribution in [0.3, 0.4) is 0 Å². The minimum atomic E-state index is 0.328. The number of fused-ring (bicyclic) bond motifs is 1. The summed E-state index contributed by atoms with van der Waals surface area (Å²) in [6.45, 7) is 2.61. The van der Waals surface area contributed by atoms with Gasteiger partial charge in [-0.05, 0) is 17.2 Å². The van der Waals surface area contributed by atoms with Gasteiger partial charge in [0.2, 0.25) is 0 Å². The predicted octanol–water partition coefficient (Wildman–Crippen LogP) is 3.06. The van der Waals surface area contributed by atoms with Gasteiger partial charge in [-0.25, -0.2) is 0 Å². The molecule has 0 radical (unpaired) electrons. The van der Waals surface area contributed by atoms with E-state index >= 15 is 0 Å². The highest BCUT2D eigenvalue weighted by Gasteiger charge is 2.28. The summed E-state index contributed by atoms with van der Waals surface area (Å²) in [5.74, 6) is 0. The quantitative estimate of drug-likeness (QED) is 0.859. The highest BCUT2D eigenvalue weighted by molar-refractivity contribution is 5.63. The lowest BCUT2D eigenvalue weighted by Crippen LogP contribution is -2.52. The Bertz CT molecular complexity index is 660. The van der Waals surface area contributed by atoms with Crippen LogP contribution in [-0.2, 0) is 17.8 Å². The standard InChI is InChI=1S/C18H18N2O/c1-2-5-14(6-3-1)13-21-17-11-20(12-17)16-9-15-7-4-8-18(15)19-10-16/h1-7,9-10,17H,8,11-13H2. The highest BCUT2D eigenvalue weighted by atomic mass is 16.5. The molecule has 106 valence electrons. The number of pyridine rings is 1. The van der Waals surface area contributed by atoms with Crippen LogP contribution >= 0.6 is 0 Å². The second-order valence-electron chi connectivity index (χ2n) is 5.66. The number of nitrogens with zero attached hydrogens (tertiary/aromatic N) is 2. The molecule has 1 aliphatic carbocycles. The van der Waals surface area contributed by atoms with Gasteiger partial charge in [0, 0.05) is 19.5 Å². The molecule has 2 aliphatic rings. The SMILES string of the molecule is C1=Cc2cc(N3CC(OCc4ccccc4)C3)cnc2C1. The number of hydrogen-bond acceptors (Lipinski definition) is 3. The van der Waals surface area contributed by atoms with Gasteiger partial charge in [0.15, 0.2) is 0 Å². The summed E-state index contributed by atoms with van der Waals surface area (Å²) in [4.78, 5) is 6.86. The molecule has 0 amide bonds. The molecule has 21 heavy (non-hydrogen) atoms. The zero-order valence-electron chi connectivity index (χ0n) is 11.9. The Morgan fingerprint density at radius 1 is 1.19 bits per heavy atom. The average Bonchev–Trinajstić information content (AvgIpc) is 2.94. The molecule has 3 heteroatoms. The molecule has 1 saturated heterocycles. The van der Waals surface area contributed by atoms with Gasteiger partial charge in [-0.15, -0.1) is 0 Å². The Labute approximate surface area is 124 Å². The lowest BCUT2D eigenvalue weighted by Gasteiger charge is -2.40. The molecule has 1 aliphatic heterocycles. The van der Waals surface area contributed by atoms with Crippen molar-refractivity contribution in [3.05, 3.63) is 65.5 Å². The van der Waals surface area contributed by atoms with E-state index in [1.165, 1.54) is 22.5 Å². The summed E-state index contributed by atoms with van der Waals surface area (Å²) in [6.07, 6.45) is 7.62. The van der Waals surface area contributed by atoms with Crippen molar-refractivity contribution in [2.75, 3.05) is 18.0 Å². The topological polar surface area (TPSA) is 25.4 Å². The van der Waals surface area contributed by atoms with Crippen molar-refractivity contribution in [1.29, 1.82) is 0 Å². The van der Waals surface area contributed by atoms with Crippen LogP contribution in [0.1, 0.15) is 16.8 Å². The molecule has 1 aromatic carbocycles. The third kappa shape index (κ3) is 2.57. The first-order valence-electron chi connectivity index (χ1n) is 7.44. The predicted molar refractivity (Wildman–Crippen MR) is 84.2 cm³/mol. The van der Waals surface area contributed by atoms with E-state index < -0.39 is 0 Å². The van der Waals surface area contributed by atoms with E-state index in [-0.39, 0.29) is 0 Å². The summed E-state index contributed by atoms with van der Waals surface area (Å²) in [6, 6.07) is 12.6. The van der Waals surface area contributed by atoms with Crippen molar-refractivity contribution >= 4 is 11.8 Å². The van der Waals surface area contributed by atoms with Crippen molar-refractivity contribution in [1.82, 2.24) is 4.98 Å². The fourth-order valence-electron chi connectivity index (χ4n) is 2.83. The van der Waals surface area contributed by atoms with Gasteiger partial charge in [-0.1, -0.05) is 42.5 Å². The highest BCUT2D eigenvalue weighted by Crippen LogP contribution is 2.27. The monoisotopic (exact) mass is 278 g/mol. The third-order valence-corrected chi connectivity index (χ3v) is 4.14. The molecule has 2 heterocycles. The Morgan fingerprint density at radius 3 is 2.90 bits per heavy atom. The second-order valence-corrected chi connectivity index (χ2v) is 5.66. The van der Waals surface area contributed by atoms with Crippen LogP contribution in [-0.4, -0.2) is 24.2 Å². The molecule has 1 aromatic heterocycles. The van der Waals surface area contributed by atoms with Gasteiger partial charge in [0.05, 0.1) is 30.3 Å². The number of allylic oxidation sites excluding steroid dienone is 1. The Hall–Kier alpha value is -2.13. The molecule has 2 aromatic rings. The number of benzene rings is 1. The summed E-state index contributed by atoms with van der Waals surface area (Å²) in [5.41, 5.74) is 4.90. The Balaban J connectivity index is 1.32. The first-order chi connectivity index (χ1) is 10.4. The van der Waals surface area contributed by atoms with Gasteiger partial charge in [0.25, 0.3) is 0 Å². The number of hydrogen-bond donors (Lipinski definition) is 0. The summed E-state index contributed by atoms with van der Waals surface area (Å²) < 4.78 is 5.93. The minimum Gasteiger partial charge on any atom is -0.370 e.